The van der Waals surface area contributed by atoms with E-state index < -0.39 is 17.5 Å². The quantitative estimate of drug-likeness (QED) is 0.750. The minimum atomic E-state index is -0.875. The minimum Gasteiger partial charge on any atom is -0.490 e. The lowest BCUT2D eigenvalue weighted by Gasteiger charge is -2.32. The highest BCUT2D eigenvalue weighted by Crippen LogP contribution is 2.26. The van der Waals surface area contributed by atoms with Gasteiger partial charge in [-0.1, -0.05) is 12.1 Å². The summed E-state index contributed by atoms with van der Waals surface area (Å²) in [6.07, 6.45) is 1.08. The molecular formula is C22H24F2N2O4. The Morgan fingerprint density at radius 3 is 2.37 bits per heavy atom. The molecule has 0 saturated carbocycles. The second kappa shape index (κ2) is 10.0. The van der Waals surface area contributed by atoms with E-state index >= 15 is 0 Å². The van der Waals surface area contributed by atoms with E-state index in [-0.39, 0.29) is 24.1 Å². The fourth-order valence-corrected chi connectivity index (χ4v) is 3.32. The van der Waals surface area contributed by atoms with Crippen molar-refractivity contribution >= 4 is 11.8 Å². The van der Waals surface area contributed by atoms with Crippen molar-refractivity contribution in [3.63, 3.8) is 0 Å². The number of amides is 2. The number of rotatable bonds is 7. The van der Waals surface area contributed by atoms with E-state index in [1.54, 1.807) is 18.2 Å². The summed E-state index contributed by atoms with van der Waals surface area (Å²) in [4.78, 5) is 26.2. The number of nitrogens with zero attached hydrogens (tertiary/aromatic N) is 1. The maximum absolute atomic E-state index is 13.8. The second-order valence-corrected chi connectivity index (χ2v) is 6.93. The molecule has 0 unspecified atom stereocenters. The summed E-state index contributed by atoms with van der Waals surface area (Å²) in [6, 6.07) is 9.93. The molecule has 2 aromatic rings. The van der Waals surface area contributed by atoms with Crippen LogP contribution in [0.3, 0.4) is 0 Å². The third kappa shape index (κ3) is 5.46. The molecule has 2 aromatic carbocycles. The van der Waals surface area contributed by atoms with Crippen molar-refractivity contribution < 1.29 is 27.8 Å². The van der Waals surface area contributed by atoms with Crippen molar-refractivity contribution in [1.29, 1.82) is 0 Å². The monoisotopic (exact) mass is 418 g/mol. The molecule has 1 aliphatic rings. The van der Waals surface area contributed by atoms with E-state index in [2.05, 4.69) is 5.32 Å². The average molecular weight is 418 g/mol. The number of hydrogen-bond acceptors (Lipinski definition) is 4. The molecule has 0 aromatic heterocycles. The summed E-state index contributed by atoms with van der Waals surface area (Å²) in [5.74, 6) is -1.27. The van der Waals surface area contributed by atoms with Crippen molar-refractivity contribution in [2.24, 2.45) is 0 Å². The van der Waals surface area contributed by atoms with Gasteiger partial charge in [-0.2, -0.15) is 0 Å². The number of piperidine rings is 1. The first-order chi connectivity index (χ1) is 14.5. The van der Waals surface area contributed by atoms with Crippen LogP contribution in [0.15, 0.2) is 42.5 Å². The number of para-hydroxylation sites is 2. The van der Waals surface area contributed by atoms with E-state index in [1.807, 2.05) is 13.0 Å². The number of ether oxygens (including phenoxy) is 2. The molecule has 1 aliphatic heterocycles. The minimum absolute atomic E-state index is 0.106. The number of carbonyl (C=O) groups excluding carboxylic acids is 2. The van der Waals surface area contributed by atoms with Crippen LogP contribution in [0.5, 0.6) is 11.5 Å². The molecule has 1 saturated heterocycles. The van der Waals surface area contributed by atoms with Gasteiger partial charge in [0.25, 0.3) is 11.8 Å². The summed E-state index contributed by atoms with van der Waals surface area (Å²) >= 11 is 0. The van der Waals surface area contributed by atoms with E-state index in [4.69, 9.17) is 9.47 Å². The molecule has 0 bridgehead atoms. The highest BCUT2D eigenvalue weighted by atomic mass is 19.1. The topological polar surface area (TPSA) is 67.9 Å². The molecule has 0 atom stereocenters. The molecule has 1 heterocycles. The maximum atomic E-state index is 13.8. The third-order valence-corrected chi connectivity index (χ3v) is 4.82. The highest BCUT2D eigenvalue weighted by molar-refractivity contribution is 5.94. The smallest absolute Gasteiger partial charge is 0.258 e. The molecule has 1 N–H and O–H groups in total. The zero-order chi connectivity index (χ0) is 21.5. The van der Waals surface area contributed by atoms with Crippen molar-refractivity contribution in [2.75, 3.05) is 26.3 Å². The predicted molar refractivity (Wildman–Crippen MR) is 107 cm³/mol. The highest BCUT2D eigenvalue weighted by Gasteiger charge is 2.26. The maximum Gasteiger partial charge on any atom is 0.258 e. The first-order valence-corrected chi connectivity index (χ1v) is 9.86. The fraction of sp³-hybridized carbons (Fsp3) is 0.364. The number of halogens is 2. The van der Waals surface area contributed by atoms with Gasteiger partial charge in [0.1, 0.15) is 11.6 Å². The molecule has 0 spiro atoms. The Labute approximate surface area is 173 Å². The second-order valence-electron chi connectivity index (χ2n) is 6.93. The van der Waals surface area contributed by atoms with Crippen molar-refractivity contribution in [3.8, 4) is 11.5 Å². The van der Waals surface area contributed by atoms with Crippen LogP contribution in [0.2, 0.25) is 0 Å². The van der Waals surface area contributed by atoms with Gasteiger partial charge in [-0.3, -0.25) is 9.59 Å². The van der Waals surface area contributed by atoms with Gasteiger partial charge in [-0.15, -0.1) is 0 Å². The SMILES string of the molecule is CCOc1ccccc1OCC(=O)NC1CCN(C(=O)c2ccc(F)cc2F)CC1. The standard InChI is InChI=1S/C22H24F2N2O4/c1-2-29-19-5-3-4-6-20(19)30-14-21(27)25-16-9-11-26(12-10-16)22(28)17-8-7-15(23)13-18(17)24/h3-8,13,16H,2,9-12,14H2,1H3,(H,25,27). The Morgan fingerprint density at radius 1 is 1.07 bits per heavy atom. The summed E-state index contributed by atoms with van der Waals surface area (Å²) in [7, 11) is 0. The largest absolute Gasteiger partial charge is 0.490 e. The summed E-state index contributed by atoms with van der Waals surface area (Å²) in [5, 5.41) is 2.89. The number of hydrogen-bond donors (Lipinski definition) is 1. The Hall–Kier alpha value is -3.16. The Morgan fingerprint density at radius 2 is 1.73 bits per heavy atom. The number of carbonyl (C=O) groups is 2. The van der Waals surface area contributed by atoms with Gasteiger partial charge in [0, 0.05) is 25.2 Å². The summed E-state index contributed by atoms with van der Waals surface area (Å²) in [6.45, 7) is 2.95. The Balaban J connectivity index is 1.46. The number of nitrogens with one attached hydrogen (secondary N) is 1. The summed E-state index contributed by atoms with van der Waals surface area (Å²) in [5.41, 5.74) is -0.153. The Bertz CT molecular complexity index is 898. The first kappa shape index (κ1) is 21.5. The van der Waals surface area contributed by atoms with Crippen molar-refractivity contribution in [3.05, 3.63) is 59.7 Å². The third-order valence-electron chi connectivity index (χ3n) is 4.82. The van der Waals surface area contributed by atoms with Gasteiger partial charge in [0.15, 0.2) is 18.1 Å². The van der Waals surface area contributed by atoms with Crippen molar-refractivity contribution in [1.82, 2.24) is 10.2 Å². The van der Waals surface area contributed by atoms with Gasteiger partial charge in [-0.05, 0) is 44.0 Å². The molecule has 160 valence electrons. The zero-order valence-electron chi connectivity index (χ0n) is 16.7. The molecule has 2 amide bonds. The normalized spacial score (nSPS) is 14.3. The molecule has 0 aliphatic carbocycles. The van der Waals surface area contributed by atoms with Crippen LogP contribution < -0.4 is 14.8 Å². The van der Waals surface area contributed by atoms with Crippen LogP contribution >= 0.6 is 0 Å². The van der Waals surface area contributed by atoms with Crippen LogP contribution in [0.25, 0.3) is 0 Å². The van der Waals surface area contributed by atoms with Gasteiger partial charge < -0.3 is 19.7 Å². The molecular weight excluding hydrogens is 394 g/mol. The molecule has 8 heteroatoms. The van der Waals surface area contributed by atoms with Crippen LogP contribution in [0, 0.1) is 11.6 Å². The zero-order valence-corrected chi connectivity index (χ0v) is 16.7. The number of likely N-dealkylation sites (tertiary alicyclic amines) is 1. The van der Waals surface area contributed by atoms with Crippen LogP contribution in [0.1, 0.15) is 30.1 Å². The molecule has 0 radical (unpaired) electrons. The van der Waals surface area contributed by atoms with Crippen LogP contribution in [-0.4, -0.2) is 49.1 Å². The van der Waals surface area contributed by atoms with Gasteiger partial charge in [0.05, 0.1) is 12.2 Å². The van der Waals surface area contributed by atoms with E-state index in [1.165, 1.54) is 4.90 Å². The molecule has 6 nitrogen and oxygen atoms in total. The van der Waals surface area contributed by atoms with E-state index in [0.717, 1.165) is 12.1 Å². The average Bonchev–Trinajstić information content (AvgIpc) is 2.73. The van der Waals surface area contributed by atoms with E-state index in [0.29, 0.717) is 50.1 Å². The van der Waals surface area contributed by atoms with Crippen LogP contribution in [0.4, 0.5) is 8.78 Å². The van der Waals surface area contributed by atoms with E-state index in [9.17, 15) is 18.4 Å². The molecule has 30 heavy (non-hydrogen) atoms. The molecule has 3 rings (SSSR count). The molecule has 1 fully saturated rings. The Kier molecular flexibility index (Phi) is 7.21. The summed E-state index contributed by atoms with van der Waals surface area (Å²) < 4.78 is 37.9. The number of benzene rings is 2. The predicted octanol–water partition coefficient (Wildman–Crippen LogP) is 3.16. The van der Waals surface area contributed by atoms with Gasteiger partial charge in [0.2, 0.25) is 0 Å². The van der Waals surface area contributed by atoms with Gasteiger partial charge in [-0.25, -0.2) is 8.78 Å². The van der Waals surface area contributed by atoms with Crippen molar-refractivity contribution in [2.45, 2.75) is 25.8 Å². The lowest BCUT2D eigenvalue weighted by molar-refractivity contribution is -0.124. The lowest BCUT2D eigenvalue weighted by atomic mass is 10.0. The van der Waals surface area contributed by atoms with Crippen LogP contribution in [-0.2, 0) is 4.79 Å². The first-order valence-electron chi connectivity index (χ1n) is 9.86. The lowest BCUT2D eigenvalue weighted by Crippen LogP contribution is -2.47. The fourth-order valence-electron chi connectivity index (χ4n) is 3.32. The van der Waals surface area contributed by atoms with Gasteiger partial charge >= 0.3 is 0 Å².